The molecule has 0 aliphatic carbocycles. The first-order chi connectivity index (χ1) is 10.4. The molecule has 1 aromatic carbocycles. The maximum absolute atomic E-state index is 12.2. The average molecular weight is 330 g/mol. The topological polar surface area (TPSA) is 56.1 Å². The highest BCUT2D eigenvalue weighted by atomic mass is 35.5. The predicted molar refractivity (Wildman–Crippen MR) is 78.4 cm³/mol. The van der Waals surface area contributed by atoms with Gasteiger partial charge in [0.15, 0.2) is 0 Å². The quantitative estimate of drug-likeness (QED) is 0.911. The second kappa shape index (κ2) is 6.74. The molecule has 2 rings (SSSR count). The molecule has 0 aliphatic heterocycles. The molecular weight excluding hydrogens is 316 g/mol. The van der Waals surface area contributed by atoms with E-state index in [9.17, 15) is 13.6 Å². The van der Waals surface area contributed by atoms with Crippen LogP contribution >= 0.6 is 11.6 Å². The van der Waals surface area contributed by atoms with Crippen molar-refractivity contribution in [2.24, 2.45) is 0 Å². The lowest BCUT2D eigenvalue weighted by molar-refractivity contribution is -0.119. The van der Waals surface area contributed by atoms with Crippen molar-refractivity contribution in [2.75, 3.05) is 5.32 Å². The minimum absolute atomic E-state index is 0.0393. The summed E-state index contributed by atoms with van der Waals surface area (Å²) in [5.74, 6) is -0.261. The highest BCUT2D eigenvalue weighted by molar-refractivity contribution is 6.30. The molecule has 0 spiro atoms. The molecule has 118 valence electrons. The number of ether oxygens (including phenoxy) is 1. The lowest BCUT2D eigenvalue weighted by atomic mass is 10.2. The number of amides is 1. The third kappa shape index (κ3) is 3.94. The van der Waals surface area contributed by atoms with Crippen LogP contribution in [-0.4, -0.2) is 22.3 Å². The van der Waals surface area contributed by atoms with E-state index in [0.29, 0.717) is 16.3 Å². The van der Waals surface area contributed by atoms with Crippen LogP contribution in [-0.2, 0) is 4.79 Å². The number of hydrogen-bond acceptors (Lipinski definition) is 3. The molecule has 0 saturated heterocycles. The Morgan fingerprint density at radius 3 is 2.73 bits per heavy atom. The van der Waals surface area contributed by atoms with Crippen LogP contribution in [0.3, 0.4) is 0 Å². The third-order valence-electron chi connectivity index (χ3n) is 3.03. The zero-order chi connectivity index (χ0) is 16.3. The highest BCUT2D eigenvalue weighted by Gasteiger charge is 2.17. The summed E-state index contributed by atoms with van der Waals surface area (Å²) in [5, 5.41) is 7.12. The Labute approximate surface area is 130 Å². The Bertz CT molecular complexity index is 676. The molecule has 2 aromatic rings. The summed E-state index contributed by atoms with van der Waals surface area (Å²) in [7, 11) is 0. The number of nitrogens with one attached hydrogen (secondary N) is 1. The number of aromatic nitrogens is 2. The molecule has 1 N–H and O–H groups in total. The first-order valence-corrected chi connectivity index (χ1v) is 6.80. The number of alkyl halides is 2. The Morgan fingerprint density at radius 1 is 1.45 bits per heavy atom. The molecule has 0 bridgehead atoms. The van der Waals surface area contributed by atoms with Crippen molar-refractivity contribution >= 4 is 23.2 Å². The van der Waals surface area contributed by atoms with Crippen molar-refractivity contribution < 1.29 is 18.3 Å². The van der Waals surface area contributed by atoms with Crippen molar-refractivity contribution in [2.45, 2.75) is 26.5 Å². The number of benzene rings is 1. The average Bonchev–Trinajstić information content (AvgIpc) is 2.87. The van der Waals surface area contributed by atoms with Gasteiger partial charge in [0.2, 0.25) is 5.91 Å². The molecule has 0 radical (unpaired) electrons. The normalized spacial score (nSPS) is 12.3. The number of rotatable bonds is 5. The number of halogens is 3. The maximum atomic E-state index is 12.2. The van der Waals surface area contributed by atoms with E-state index in [-0.39, 0.29) is 11.7 Å². The largest absolute Gasteiger partial charge is 0.435 e. The van der Waals surface area contributed by atoms with Gasteiger partial charge in [-0.3, -0.25) is 9.48 Å². The van der Waals surface area contributed by atoms with E-state index in [4.69, 9.17) is 11.6 Å². The van der Waals surface area contributed by atoms with Gasteiger partial charge in [0.25, 0.3) is 0 Å². The molecule has 1 unspecified atom stereocenters. The fourth-order valence-corrected chi connectivity index (χ4v) is 1.98. The smallest absolute Gasteiger partial charge is 0.387 e. The van der Waals surface area contributed by atoms with Crippen LogP contribution in [0.5, 0.6) is 5.75 Å². The lowest BCUT2D eigenvalue weighted by Crippen LogP contribution is -2.24. The van der Waals surface area contributed by atoms with Crippen molar-refractivity contribution in [3.05, 3.63) is 41.2 Å². The predicted octanol–water partition coefficient (Wildman–Crippen LogP) is 3.65. The van der Waals surface area contributed by atoms with E-state index < -0.39 is 12.7 Å². The zero-order valence-electron chi connectivity index (χ0n) is 11.9. The van der Waals surface area contributed by atoms with E-state index in [1.54, 1.807) is 13.8 Å². The number of aryl methyl sites for hydroxylation is 1. The van der Waals surface area contributed by atoms with Gasteiger partial charge in [-0.25, -0.2) is 0 Å². The minimum Gasteiger partial charge on any atom is -0.435 e. The van der Waals surface area contributed by atoms with Gasteiger partial charge in [-0.15, -0.1) is 0 Å². The minimum atomic E-state index is -2.88. The van der Waals surface area contributed by atoms with Gasteiger partial charge in [-0.2, -0.15) is 13.9 Å². The monoisotopic (exact) mass is 329 g/mol. The summed E-state index contributed by atoms with van der Waals surface area (Å²) >= 11 is 5.76. The standard InChI is InChI=1S/C14H14ClF2N3O2/c1-8-5-11(22-14(16)17)3-4-12(8)19-13(21)9(2)20-7-10(15)6-18-20/h3-7,9,14H,1-2H3,(H,19,21). The Hall–Kier alpha value is -2.15. The second-order valence-corrected chi connectivity index (χ2v) is 5.10. The van der Waals surface area contributed by atoms with Gasteiger partial charge < -0.3 is 10.1 Å². The lowest BCUT2D eigenvalue weighted by Gasteiger charge is -2.15. The summed E-state index contributed by atoms with van der Waals surface area (Å²) in [4.78, 5) is 12.2. The van der Waals surface area contributed by atoms with Gasteiger partial charge in [-0.05, 0) is 37.6 Å². The molecule has 5 nitrogen and oxygen atoms in total. The number of anilines is 1. The van der Waals surface area contributed by atoms with E-state index in [0.717, 1.165) is 0 Å². The number of hydrogen-bond donors (Lipinski definition) is 1. The van der Waals surface area contributed by atoms with Crippen LogP contribution in [0.1, 0.15) is 18.5 Å². The van der Waals surface area contributed by atoms with Crippen LogP contribution < -0.4 is 10.1 Å². The van der Waals surface area contributed by atoms with E-state index in [2.05, 4.69) is 15.2 Å². The summed E-state index contributed by atoms with van der Waals surface area (Å²) in [6.07, 6.45) is 2.98. The Morgan fingerprint density at radius 2 is 2.18 bits per heavy atom. The van der Waals surface area contributed by atoms with Crippen LogP contribution in [0.4, 0.5) is 14.5 Å². The highest BCUT2D eigenvalue weighted by Crippen LogP contribution is 2.23. The van der Waals surface area contributed by atoms with Crippen molar-refractivity contribution in [1.29, 1.82) is 0 Å². The van der Waals surface area contributed by atoms with Crippen molar-refractivity contribution in [3.8, 4) is 5.75 Å². The van der Waals surface area contributed by atoms with Gasteiger partial charge in [-0.1, -0.05) is 11.6 Å². The summed E-state index contributed by atoms with van der Waals surface area (Å²) in [6.45, 7) is 0.468. The maximum Gasteiger partial charge on any atom is 0.387 e. The number of carbonyl (C=O) groups is 1. The van der Waals surface area contributed by atoms with E-state index in [1.165, 1.54) is 35.3 Å². The molecule has 0 saturated carbocycles. The third-order valence-corrected chi connectivity index (χ3v) is 3.22. The molecule has 8 heteroatoms. The van der Waals surface area contributed by atoms with Crippen LogP contribution in [0.15, 0.2) is 30.6 Å². The molecular formula is C14H14ClF2N3O2. The van der Waals surface area contributed by atoms with Crippen molar-refractivity contribution in [1.82, 2.24) is 9.78 Å². The number of nitrogens with zero attached hydrogens (tertiary/aromatic N) is 2. The van der Waals surface area contributed by atoms with Gasteiger partial charge in [0.1, 0.15) is 11.8 Å². The van der Waals surface area contributed by atoms with E-state index >= 15 is 0 Å². The van der Waals surface area contributed by atoms with Gasteiger partial charge in [0, 0.05) is 11.9 Å². The zero-order valence-corrected chi connectivity index (χ0v) is 12.6. The van der Waals surface area contributed by atoms with Crippen LogP contribution in [0.25, 0.3) is 0 Å². The fraction of sp³-hybridized carbons (Fsp3) is 0.286. The molecule has 22 heavy (non-hydrogen) atoms. The van der Waals surface area contributed by atoms with E-state index in [1.807, 2.05) is 0 Å². The molecule has 1 amide bonds. The Balaban J connectivity index is 2.08. The van der Waals surface area contributed by atoms with Crippen LogP contribution in [0, 0.1) is 6.92 Å². The first-order valence-electron chi connectivity index (χ1n) is 6.43. The fourth-order valence-electron chi connectivity index (χ4n) is 1.84. The molecule has 1 atom stereocenters. The summed E-state index contributed by atoms with van der Waals surface area (Å²) in [5.41, 5.74) is 1.12. The molecule has 0 aliphatic rings. The van der Waals surface area contributed by atoms with Gasteiger partial charge in [0.05, 0.1) is 11.2 Å². The van der Waals surface area contributed by atoms with Crippen molar-refractivity contribution in [3.63, 3.8) is 0 Å². The molecule has 0 fully saturated rings. The van der Waals surface area contributed by atoms with Crippen LogP contribution in [0.2, 0.25) is 5.02 Å². The van der Waals surface area contributed by atoms with Gasteiger partial charge >= 0.3 is 6.61 Å². The number of carbonyl (C=O) groups excluding carboxylic acids is 1. The summed E-state index contributed by atoms with van der Waals surface area (Å²) < 4.78 is 30.0. The second-order valence-electron chi connectivity index (χ2n) is 4.66. The first kappa shape index (κ1) is 16.2. The Kier molecular flexibility index (Phi) is 4.97. The SMILES string of the molecule is Cc1cc(OC(F)F)ccc1NC(=O)C(C)n1cc(Cl)cn1. The summed E-state index contributed by atoms with van der Waals surface area (Å²) in [6, 6.07) is 3.73. The molecule has 1 heterocycles. The molecule has 1 aromatic heterocycles.